The first kappa shape index (κ1) is 18.8. The molecule has 0 saturated heterocycles. The molecule has 2 fully saturated rings. The average molecular weight is 318 g/mol. The van der Waals surface area contributed by atoms with E-state index in [2.05, 4.69) is 0 Å². The summed E-state index contributed by atoms with van der Waals surface area (Å²) in [4.78, 5) is 12.1. The minimum absolute atomic E-state index is 0. The highest BCUT2D eigenvalue weighted by atomic mass is 35.5. The van der Waals surface area contributed by atoms with Crippen molar-refractivity contribution in [3.63, 3.8) is 0 Å². The van der Waals surface area contributed by atoms with E-state index in [0.29, 0.717) is 24.4 Å². The van der Waals surface area contributed by atoms with Crippen LogP contribution < -0.4 is 5.73 Å². The van der Waals surface area contributed by atoms with Crippen molar-refractivity contribution in [1.82, 2.24) is 0 Å². The molecule has 2 aliphatic carbocycles. The fourth-order valence-electron chi connectivity index (χ4n) is 4.41. The monoisotopic (exact) mass is 317 g/mol. The van der Waals surface area contributed by atoms with E-state index in [1.807, 2.05) is 6.92 Å². The van der Waals surface area contributed by atoms with Crippen LogP contribution in [-0.4, -0.2) is 18.6 Å². The molecule has 3 nitrogen and oxygen atoms in total. The van der Waals surface area contributed by atoms with Gasteiger partial charge in [-0.15, -0.1) is 12.4 Å². The lowest BCUT2D eigenvalue weighted by atomic mass is 9.67. The molecule has 0 spiro atoms. The Morgan fingerprint density at radius 2 is 1.43 bits per heavy atom. The van der Waals surface area contributed by atoms with Crippen LogP contribution >= 0.6 is 12.4 Å². The van der Waals surface area contributed by atoms with Crippen molar-refractivity contribution < 1.29 is 9.53 Å². The summed E-state index contributed by atoms with van der Waals surface area (Å²) >= 11 is 0. The molecule has 0 aliphatic heterocycles. The van der Waals surface area contributed by atoms with E-state index < -0.39 is 6.04 Å². The Hall–Kier alpha value is -0.280. The van der Waals surface area contributed by atoms with Crippen molar-refractivity contribution >= 4 is 18.4 Å². The zero-order chi connectivity index (χ0) is 14.4. The predicted octanol–water partition coefficient (Wildman–Crippen LogP) is 4.08. The van der Waals surface area contributed by atoms with Gasteiger partial charge in [-0.1, -0.05) is 64.2 Å². The molecule has 4 heteroatoms. The quantitative estimate of drug-likeness (QED) is 0.777. The van der Waals surface area contributed by atoms with Gasteiger partial charge in [-0.25, -0.2) is 0 Å². The summed E-state index contributed by atoms with van der Waals surface area (Å²) in [5, 5.41) is 0. The zero-order valence-corrected chi connectivity index (χ0v) is 14.2. The van der Waals surface area contributed by atoms with E-state index in [9.17, 15) is 4.79 Å². The van der Waals surface area contributed by atoms with Crippen LogP contribution in [-0.2, 0) is 9.53 Å². The molecule has 1 unspecified atom stereocenters. The number of halogens is 1. The number of ether oxygens (including phenoxy) is 1. The Kier molecular flexibility index (Phi) is 8.65. The molecule has 2 saturated carbocycles. The molecule has 0 heterocycles. The Labute approximate surface area is 135 Å². The molecule has 0 radical (unpaired) electrons. The van der Waals surface area contributed by atoms with Crippen LogP contribution in [0.25, 0.3) is 0 Å². The molecule has 0 amide bonds. The van der Waals surface area contributed by atoms with Crippen LogP contribution in [0.1, 0.15) is 71.1 Å². The lowest BCUT2D eigenvalue weighted by molar-refractivity contribution is -0.147. The normalized spacial score (nSPS) is 22.6. The first-order chi connectivity index (χ1) is 9.74. The van der Waals surface area contributed by atoms with E-state index in [4.69, 9.17) is 10.5 Å². The second kappa shape index (κ2) is 9.68. The van der Waals surface area contributed by atoms with Crippen LogP contribution in [0.3, 0.4) is 0 Å². The number of nitrogens with two attached hydrogens (primary N) is 1. The van der Waals surface area contributed by atoms with Gasteiger partial charge < -0.3 is 10.5 Å². The van der Waals surface area contributed by atoms with E-state index >= 15 is 0 Å². The van der Waals surface area contributed by atoms with Gasteiger partial charge in [0.25, 0.3) is 0 Å². The molecule has 1 atom stereocenters. The van der Waals surface area contributed by atoms with Gasteiger partial charge in [0, 0.05) is 0 Å². The highest BCUT2D eigenvalue weighted by Gasteiger charge is 2.38. The summed E-state index contributed by atoms with van der Waals surface area (Å²) in [5.74, 6) is 1.47. The van der Waals surface area contributed by atoms with Gasteiger partial charge in [0.1, 0.15) is 6.04 Å². The number of hydrogen-bond acceptors (Lipinski definition) is 3. The Bertz CT molecular complexity index is 281. The lowest BCUT2D eigenvalue weighted by Gasteiger charge is -2.40. The topological polar surface area (TPSA) is 52.3 Å². The van der Waals surface area contributed by atoms with Crippen molar-refractivity contribution in [3.8, 4) is 0 Å². The van der Waals surface area contributed by atoms with Crippen molar-refractivity contribution in [2.45, 2.75) is 77.2 Å². The fraction of sp³-hybridized carbons (Fsp3) is 0.941. The van der Waals surface area contributed by atoms with Gasteiger partial charge in [0.15, 0.2) is 0 Å². The van der Waals surface area contributed by atoms with E-state index in [1.54, 1.807) is 0 Å². The van der Waals surface area contributed by atoms with Crippen molar-refractivity contribution in [1.29, 1.82) is 0 Å². The molecular formula is C17H32ClNO2. The molecule has 21 heavy (non-hydrogen) atoms. The van der Waals surface area contributed by atoms with E-state index in [1.165, 1.54) is 64.2 Å². The smallest absolute Gasteiger partial charge is 0.323 e. The molecule has 0 bridgehead atoms. The average Bonchev–Trinajstić information content (AvgIpc) is 2.50. The van der Waals surface area contributed by atoms with Crippen LogP contribution in [0.5, 0.6) is 0 Å². The highest BCUT2D eigenvalue weighted by molar-refractivity contribution is 5.85. The Balaban J connectivity index is 0.00000220. The zero-order valence-electron chi connectivity index (χ0n) is 13.4. The van der Waals surface area contributed by atoms with Crippen molar-refractivity contribution in [2.24, 2.45) is 23.5 Å². The summed E-state index contributed by atoms with van der Waals surface area (Å²) in [7, 11) is 0. The summed E-state index contributed by atoms with van der Waals surface area (Å²) in [6, 6.07) is -0.402. The molecule has 2 N–H and O–H groups in total. The lowest BCUT2D eigenvalue weighted by Crippen LogP contribution is -2.47. The summed E-state index contributed by atoms with van der Waals surface area (Å²) in [6.45, 7) is 2.30. The van der Waals surface area contributed by atoms with Gasteiger partial charge in [0.2, 0.25) is 0 Å². The van der Waals surface area contributed by atoms with Crippen LogP contribution in [0.4, 0.5) is 0 Å². The third-order valence-electron chi connectivity index (χ3n) is 5.36. The van der Waals surface area contributed by atoms with Crippen LogP contribution in [0.2, 0.25) is 0 Å². The molecule has 0 aromatic rings. The summed E-state index contributed by atoms with van der Waals surface area (Å²) in [6.07, 6.45) is 13.0. The number of carbonyl (C=O) groups excluding carboxylic acids is 1. The largest absolute Gasteiger partial charge is 0.465 e. The number of esters is 1. The van der Waals surface area contributed by atoms with E-state index in [-0.39, 0.29) is 18.4 Å². The first-order valence-electron chi connectivity index (χ1n) is 8.66. The van der Waals surface area contributed by atoms with Gasteiger partial charge in [-0.2, -0.15) is 0 Å². The number of carbonyl (C=O) groups is 1. The highest BCUT2D eigenvalue weighted by Crippen LogP contribution is 2.41. The number of hydrogen-bond donors (Lipinski definition) is 1. The maximum absolute atomic E-state index is 12.1. The van der Waals surface area contributed by atoms with Crippen LogP contribution in [0, 0.1) is 17.8 Å². The van der Waals surface area contributed by atoms with Gasteiger partial charge in [-0.3, -0.25) is 4.79 Å². The molecule has 2 aliphatic rings. The van der Waals surface area contributed by atoms with Crippen LogP contribution in [0.15, 0.2) is 0 Å². The molecular weight excluding hydrogens is 286 g/mol. The summed E-state index contributed by atoms with van der Waals surface area (Å²) < 4.78 is 5.20. The Morgan fingerprint density at radius 3 is 1.81 bits per heavy atom. The SMILES string of the molecule is CCOC(=O)C(N)C(C1CCCCC1)C1CCCCC1.Cl. The Morgan fingerprint density at radius 1 is 1.00 bits per heavy atom. The second-order valence-corrected chi connectivity index (χ2v) is 6.65. The van der Waals surface area contributed by atoms with Crippen molar-refractivity contribution in [3.05, 3.63) is 0 Å². The van der Waals surface area contributed by atoms with Gasteiger partial charge >= 0.3 is 5.97 Å². The fourth-order valence-corrected chi connectivity index (χ4v) is 4.41. The standard InChI is InChI=1S/C17H31NO2.ClH/c1-2-20-17(19)16(18)15(13-9-5-3-6-10-13)14-11-7-4-8-12-14;/h13-16H,2-12,18H2,1H3;1H. The maximum atomic E-state index is 12.1. The predicted molar refractivity (Wildman–Crippen MR) is 88.5 cm³/mol. The second-order valence-electron chi connectivity index (χ2n) is 6.65. The molecule has 124 valence electrons. The van der Waals surface area contributed by atoms with Gasteiger partial charge in [-0.05, 0) is 24.7 Å². The number of rotatable bonds is 5. The van der Waals surface area contributed by atoms with E-state index in [0.717, 1.165) is 0 Å². The molecule has 0 aromatic carbocycles. The minimum atomic E-state index is -0.402. The third-order valence-corrected chi connectivity index (χ3v) is 5.36. The van der Waals surface area contributed by atoms with Crippen molar-refractivity contribution in [2.75, 3.05) is 6.61 Å². The molecule has 0 aromatic heterocycles. The first-order valence-corrected chi connectivity index (χ1v) is 8.66. The van der Waals surface area contributed by atoms with Gasteiger partial charge in [0.05, 0.1) is 6.61 Å². The third kappa shape index (κ3) is 5.14. The maximum Gasteiger partial charge on any atom is 0.323 e. The summed E-state index contributed by atoms with van der Waals surface area (Å²) in [5.41, 5.74) is 6.33. The minimum Gasteiger partial charge on any atom is -0.465 e. The molecule has 2 rings (SSSR count).